The van der Waals surface area contributed by atoms with E-state index in [1.165, 1.54) is 25.7 Å². The van der Waals surface area contributed by atoms with Crippen LogP contribution in [0.25, 0.3) is 0 Å². The van der Waals surface area contributed by atoms with Crippen LogP contribution < -0.4 is 5.73 Å². The van der Waals surface area contributed by atoms with Gasteiger partial charge in [-0.15, -0.1) is 0 Å². The highest BCUT2D eigenvalue weighted by Crippen LogP contribution is 2.16. The monoisotopic (exact) mass is 223 g/mol. The van der Waals surface area contributed by atoms with E-state index < -0.39 is 0 Å². The molecule has 1 heterocycles. The fourth-order valence-corrected chi connectivity index (χ4v) is 2.08. The van der Waals surface area contributed by atoms with Crippen LogP contribution in [0.3, 0.4) is 0 Å². The topological polar surface area (TPSA) is 41.6 Å². The smallest absolute Gasteiger partial charge is 0.103 e. The third-order valence-corrected chi connectivity index (χ3v) is 3.04. The van der Waals surface area contributed by atoms with E-state index in [2.05, 4.69) is 29.0 Å². The van der Waals surface area contributed by atoms with Gasteiger partial charge in [-0.05, 0) is 39.5 Å². The van der Waals surface area contributed by atoms with Crippen molar-refractivity contribution in [2.45, 2.75) is 58.3 Å². The number of nitrogens with zero attached hydrogens (tertiary/aromatic N) is 2. The summed E-state index contributed by atoms with van der Waals surface area (Å²) in [6.45, 7) is 5.03. The lowest BCUT2D eigenvalue weighted by Gasteiger charge is -2.26. The predicted molar refractivity (Wildman–Crippen MR) is 70.5 cm³/mol. The molecule has 16 heavy (non-hydrogen) atoms. The van der Waals surface area contributed by atoms with Crippen molar-refractivity contribution in [3.05, 3.63) is 12.2 Å². The fourth-order valence-electron chi connectivity index (χ4n) is 2.08. The molecule has 0 aliphatic carbocycles. The minimum absolute atomic E-state index is 0.121. The zero-order valence-corrected chi connectivity index (χ0v) is 10.6. The maximum absolute atomic E-state index is 5.89. The Bertz CT molecular complexity index is 233. The first-order valence-electron chi connectivity index (χ1n) is 6.40. The minimum atomic E-state index is 0.121. The molecule has 1 aliphatic rings. The highest BCUT2D eigenvalue weighted by atomic mass is 15.3. The Morgan fingerprint density at radius 3 is 3.00 bits per heavy atom. The Morgan fingerprint density at radius 1 is 1.50 bits per heavy atom. The number of rotatable bonds is 7. The Labute approximate surface area is 99.4 Å². The van der Waals surface area contributed by atoms with Gasteiger partial charge in [0.05, 0.1) is 6.17 Å². The summed E-state index contributed by atoms with van der Waals surface area (Å²) in [5.41, 5.74) is 5.89. The molecule has 0 aromatic heterocycles. The standard InChI is InChI=1S/C13H25N3/c1-3-4-5-6-7-8-9-13-15-10-11-16(13)12(2)14/h3-4,10,12-13H,5-9,11,14H2,1-2H3/b4-3+. The Morgan fingerprint density at radius 2 is 2.31 bits per heavy atom. The average molecular weight is 223 g/mol. The molecule has 2 atom stereocenters. The number of unbranched alkanes of at least 4 members (excludes halogenated alkanes) is 3. The summed E-state index contributed by atoms with van der Waals surface area (Å²) < 4.78 is 0. The molecule has 0 radical (unpaired) electrons. The van der Waals surface area contributed by atoms with Gasteiger partial charge in [0.1, 0.15) is 6.17 Å². The maximum Gasteiger partial charge on any atom is 0.103 e. The molecule has 2 unspecified atom stereocenters. The van der Waals surface area contributed by atoms with Gasteiger partial charge >= 0.3 is 0 Å². The molecule has 0 saturated heterocycles. The van der Waals surface area contributed by atoms with Crippen molar-refractivity contribution in [2.75, 3.05) is 6.54 Å². The van der Waals surface area contributed by atoms with E-state index >= 15 is 0 Å². The van der Waals surface area contributed by atoms with E-state index in [1.807, 2.05) is 13.1 Å². The zero-order chi connectivity index (χ0) is 11.8. The van der Waals surface area contributed by atoms with Gasteiger partial charge in [-0.1, -0.05) is 18.6 Å². The minimum Gasteiger partial charge on any atom is -0.316 e. The van der Waals surface area contributed by atoms with Gasteiger partial charge in [0.25, 0.3) is 0 Å². The van der Waals surface area contributed by atoms with Crippen molar-refractivity contribution in [1.82, 2.24) is 4.90 Å². The Kier molecular flexibility index (Phi) is 6.34. The second-order valence-electron chi connectivity index (χ2n) is 4.46. The van der Waals surface area contributed by atoms with Crippen molar-refractivity contribution in [3.63, 3.8) is 0 Å². The van der Waals surface area contributed by atoms with Gasteiger partial charge in [0.2, 0.25) is 0 Å². The third kappa shape index (κ3) is 4.45. The average Bonchev–Trinajstić information content (AvgIpc) is 2.71. The summed E-state index contributed by atoms with van der Waals surface area (Å²) in [6, 6.07) is 0. The maximum atomic E-state index is 5.89. The normalized spacial score (nSPS) is 23.3. The Balaban J connectivity index is 2.10. The fraction of sp³-hybridized carbons (Fsp3) is 0.769. The lowest BCUT2D eigenvalue weighted by Crippen LogP contribution is -2.43. The SMILES string of the molecule is C/C=C/CCCCCC1N=CCN1C(C)N. The molecule has 1 aliphatic heterocycles. The molecule has 0 spiro atoms. The molecular formula is C13H25N3. The lowest BCUT2D eigenvalue weighted by atomic mass is 10.1. The number of hydrogen-bond donors (Lipinski definition) is 1. The molecular weight excluding hydrogens is 198 g/mol. The summed E-state index contributed by atoms with van der Waals surface area (Å²) in [5.74, 6) is 0. The molecule has 0 amide bonds. The molecule has 2 N–H and O–H groups in total. The molecule has 0 bridgehead atoms. The summed E-state index contributed by atoms with van der Waals surface area (Å²) >= 11 is 0. The quantitative estimate of drug-likeness (QED) is 0.532. The molecule has 3 nitrogen and oxygen atoms in total. The largest absolute Gasteiger partial charge is 0.316 e. The molecule has 0 aromatic rings. The van der Waals surface area contributed by atoms with Crippen LogP contribution in [0.5, 0.6) is 0 Å². The van der Waals surface area contributed by atoms with Gasteiger partial charge in [0.15, 0.2) is 0 Å². The Hall–Kier alpha value is -0.670. The van der Waals surface area contributed by atoms with Crippen LogP contribution in [0.2, 0.25) is 0 Å². The highest BCUT2D eigenvalue weighted by Gasteiger charge is 2.22. The molecule has 1 rings (SSSR count). The number of allylic oxidation sites excluding steroid dienone is 2. The van der Waals surface area contributed by atoms with Crippen LogP contribution in [0.1, 0.15) is 46.0 Å². The van der Waals surface area contributed by atoms with Gasteiger partial charge in [-0.2, -0.15) is 0 Å². The first-order valence-corrected chi connectivity index (χ1v) is 6.40. The van der Waals surface area contributed by atoms with Crippen LogP contribution in [0.4, 0.5) is 0 Å². The predicted octanol–water partition coefficient (Wildman–Crippen LogP) is 2.53. The van der Waals surface area contributed by atoms with Crippen LogP contribution in [-0.2, 0) is 0 Å². The van der Waals surface area contributed by atoms with E-state index in [-0.39, 0.29) is 6.17 Å². The molecule has 0 fully saturated rings. The van der Waals surface area contributed by atoms with Gasteiger partial charge in [0, 0.05) is 12.8 Å². The summed E-state index contributed by atoms with van der Waals surface area (Å²) in [4.78, 5) is 6.74. The highest BCUT2D eigenvalue weighted by molar-refractivity contribution is 5.62. The van der Waals surface area contributed by atoms with E-state index in [0.29, 0.717) is 6.17 Å². The molecule has 0 saturated carbocycles. The molecule has 3 heteroatoms. The first-order chi connectivity index (χ1) is 7.75. The van der Waals surface area contributed by atoms with Crippen LogP contribution in [-0.4, -0.2) is 30.0 Å². The summed E-state index contributed by atoms with van der Waals surface area (Å²) in [6.07, 6.45) is 13.0. The van der Waals surface area contributed by atoms with Crippen LogP contribution in [0.15, 0.2) is 17.1 Å². The van der Waals surface area contributed by atoms with Crippen molar-refractivity contribution in [3.8, 4) is 0 Å². The van der Waals surface area contributed by atoms with E-state index in [1.54, 1.807) is 0 Å². The van der Waals surface area contributed by atoms with E-state index in [4.69, 9.17) is 5.73 Å². The van der Waals surface area contributed by atoms with Crippen LogP contribution >= 0.6 is 0 Å². The lowest BCUT2D eigenvalue weighted by molar-refractivity contribution is 0.182. The van der Waals surface area contributed by atoms with Gasteiger partial charge in [-0.25, -0.2) is 0 Å². The van der Waals surface area contributed by atoms with Crippen molar-refractivity contribution in [1.29, 1.82) is 0 Å². The molecule has 0 aromatic carbocycles. The van der Waals surface area contributed by atoms with E-state index in [9.17, 15) is 0 Å². The van der Waals surface area contributed by atoms with Gasteiger partial charge in [-0.3, -0.25) is 9.89 Å². The molecule has 92 valence electrons. The van der Waals surface area contributed by atoms with E-state index in [0.717, 1.165) is 13.0 Å². The second kappa shape index (κ2) is 7.58. The summed E-state index contributed by atoms with van der Waals surface area (Å²) in [7, 11) is 0. The number of nitrogens with two attached hydrogens (primary N) is 1. The second-order valence-corrected chi connectivity index (χ2v) is 4.46. The third-order valence-electron chi connectivity index (χ3n) is 3.04. The summed E-state index contributed by atoms with van der Waals surface area (Å²) in [5, 5.41) is 0. The van der Waals surface area contributed by atoms with Crippen molar-refractivity contribution in [2.24, 2.45) is 10.7 Å². The van der Waals surface area contributed by atoms with Crippen LogP contribution in [0, 0.1) is 0 Å². The first kappa shape index (κ1) is 13.4. The van der Waals surface area contributed by atoms with Crippen molar-refractivity contribution >= 4 is 6.21 Å². The number of hydrogen-bond acceptors (Lipinski definition) is 3. The zero-order valence-electron chi connectivity index (χ0n) is 10.6. The number of aliphatic imine (C=N–C) groups is 1. The van der Waals surface area contributed by atoms with Gasteiger partial charge < -0.3 is 5.73 Å². The van der Waals surface area contributed by atoms with Crippen molar-refractivity contribution < 1.29 is 0 Å².